The van der Waals surface area contributed by atoms with E-state index in [0.717, 1.165) is 5.69 Å². The standard InChI is InChI=1S/C13H13FN2O2/c1-16-7-15-6-10(16)13-5-11(17)9-4-8(14)2-3-12(9)18-13/h2-4,6-7,11,13,17H,5H2,1H3/t11-,13?/m1/s1. The highest BCUT2D eigenvalue weighted by atomic mass is 19.1. The van der Waals surface area contributed by atoms with E-state index in [1.54, 1.807) is 18.6 Å². The number of aromatic nitrogens is 2. The van der Waals surface area contributed by atoms with Crippen molar-refractivity contribution < 1.29 is 14.2 Å². The molecule has 1 aliphatic rings. The third kappa shape index (κ3) is 1.76. The van der Waals surface area contributed by atoms with Crippen LogP contribution >= 0.6 is 0 Å². The Hall–Kier alpha value is -1.88. The zero-order valence-corrected chi connectivity index (χ0v) is 9.88. The quantitative estimate of drug-likeness (QED) is 0.840. The lowest BCUT2D eigenvalue weighted by Gasteiger charge is -2.29. The molecule has 18 heavy (non-hydrogen) atoms. The Morgan fingerprint density at radius 2 is 2.33 bits per heavy atom. The molecule has 1 unspecified atom stereocenters. The van der Waals surface area contributed by atoms with Gasteiger partial charge in [-0.15, -0.1) is 0 Å². The molecule has 4 nitrogen and oxygen atoms in total. The van der Waals surface area contributed by atoms with Crippen molar-refractivity contribution in [2.45, 2.75) is 18.6 Å². The molecule has 2 aromatic rings. The second-order valence-corrected chi connectivity index (χ2v) is 4.47. The van der Waals surface area contributed by atoms with Crippen molar-refractivity contribution in [3.05, 3.63) is 47.8 Å². The molecule has 2 atom stereocenters. The summed E-state index contributed by atoms with van der Waals surface area (Å²) in [5.74, 6) is 0.164. The van der Waals surface area contributed by atoms with Crippen LogP contribution in [0.25, 0.3) is 0 Å². The van der Waals surface area contributed by atoms with Gasteiger partial charge in [-0.1, -0.05) is 0 Å². The minimum atomic E-state index is -0.718. The number of nitrogens with zero attached hydrogens (tertiary/aromatic N) is 2. The fourth-order valence-corrected chi connectivity index (χ4v) is 2.28. The molecule has 5 heteroatoms. The minimum Gasteiger partial charge on any atom is -0.484 e. The van der Waals surface area contributed by atoms with E-state index in [1.165, 1.54) is 12.1 Å². The first-order valence-corrected chi connectivity index (χ1v) is 5.75. The summed E-state index contributed by atoms with van der Waals surface area (Å²) >= 11 is 0. The Balaban J connectivity index is 1.97. The number of rotatable bonds is 1. The van der Waals surface area contributed by atoms with Crippen LogP contribution in [0.1, 0.15) is 29.9 Å². The van der Waals surface area contributed by atoms with Crippen LogP contribution < -0.4 is 4.74 Å². The topological polar surface area (TPSA) is 47.3 Å². The summed E-state index contributed by atoms with van der Waals surface area (Å²) in [6, 6.07) is 4.20. The third-order valence-corrected chi connectivity index (χ3v) is 3.22. The summed E-state index contributed by atoms with van der Waals surface area (Å²) in [6.45, 7) is 0. The zero-order valence-electron chi connectivity index (χ0n) is 9.88. The van der Waals surface area contributed by atoms with E-state index in [0.29, 0.717) is 17.7 Å². The monoisotopic (exact) mass is 248 g/mol. The van der Waals surface area contributed by atoms with Gasteiger partial charge in [0.05, 0.1) is 24.3 Å². The van der Waals surface area contributed by atoms with Gasteiger partial charge in [-0.05, 0) is 18.2 Å². The molecule has 0 amide bonds. The molecule has 0 aliphatic carbocycles. The van der Waals surface area contributed by atoms with Crippen molar-refractivity contribution in [1.82, 2.24) is 9.55 Å². The summed E-state index contributed by atoms with van der Waals surface area (Å²) in [6.07, 6.45) is 2.82. The number of aliphatic hydroxyl groups is 1. The van der Waals surface area contributed by atoms with E-state index in [2.05, 4.69) is 4.98 Å². The molecule has 0 radical (unpaired) electrons. The molecule has 0 saturated carbocycles. The van der Waals surface area contributed by atoms with Crippen LogP contribution in [-0.4, -0.2) is 14.7 Å². The second kappa shape index (κ2) is 4.10. The van der Waals surface area contributed by atoms with Crippen LogP contribution in [0, 0.1) is 5.82 Å². The van der Waals surface area contributed by atoms with Crippen LogP contribution in [0.2, 0.25) is 0 Å². The fraction of sp³-hybridized carbons (Fsp3) is 0.308. The molecule has 0 bridgehead atoms. The lowest BCUT2D eigenvalue weighted by atomic mass is 9.97. The predicted molar refractivity (Wildman–Crippen MR) is 62.6 cm³/mol. The highest BCUT2D eigenvalue weighted by molar-refractivity contribution is 5.38. The molecule has 0 saturated heterocycles. The number of ether oxygens (including phenoxy) is 1. The molecule has 1 aromatic carbocycles. The number of fused-ring (bicyclic) bond motifs is 1. The van der Waals surface area contributed by atoms with Crippen LogP contribution in [-0.2, 0) is 7.05 Å². The summed E-state index contributed by atoms with van der Waals surface area (Å²) in [7, 11) is 1.87. The Morgan fingerprint density at radius 3 is 3.06 bits per heavy atom. The predicted octanol–water partition coefficient (Wildman–Crippen LogP) is 2.12. The molecular formula is C13H13FN2O2. The van der Waals surface area contributed by atoms with Gasteiger partial charge in [0.15, 0.2) is 0 Å². The number of aryl methyl sites for hydroxylation is 1. The van der Waals surface area contributed by atoms with Crippen molar-refractivity contribution in [2.24, 2.45) is 7.05 Å². The van der Waals surface area contributed by atoms with Gasteiger partial charge in [-0.3, -0.25) is 0 Å². The van der Waals surface area contributed by atoms with Gasteiger partial charge in [0.2, 0.25) is 0 Å². The molecule has 94 valence electrons. The van der Waals surface area contributed by atoms with Gasteiger partial charge in [0, 0.05) is 19.0 Å². The highest BCUT2D eigenvalue weighted by Gasteiger charge is 2.29. The fourth-order valence-electron chi connectivity index (χ4n) is 2.28. The van der Waals surface area contributed by atoms with Gasteiger partial charge >= 0.3 is 0 Å². The number of halogens is 1. The van der Waals surface area contributed by atoms with Crippen LogP contribution in [0.5, 0.6) is 5.75 Å². The Morgan fingerprint density at radius 1 is 1.50 bits per heavy atom. The van der Waals surface area contributed by atoms with Gasteiger partial charge in [0.1, 0.15) is 17.7 Å². The first kappa shape index (κ1) is 11.2. The van der Waals surface area contributed by atoms with Crippen LogP contribution in [0.3, 0.4) is 0 Å². The maximum Gasteiger partial charge on any atom is 0.143 e. The zero-order chi connectivity index (χ0) is 12.7. The van der Waals surface area contributed by atoms with Crippen molar-refractivity contribution in [3.8, 4) is 5.75 Å². The number of benzene rings is 1. The minimum absolute atomic E-state index is 0.259. The number of hydrogen-bond acceptors (Lipinski definition) is 3. The first-order chi connectivity index (χ1) is 8.65. The van der Waals surface area contributed by atoms with E-state index >= 15 is 0 Å². The van der Waals surface area contributed by atoms with E-state index in [9.17, 15) is 9.50 Å². The van der Waals surface area contributed by atoms with Gasteiger partial charge in [0.25, 0.3) is 0 Å². The maximum absolute atomic E-state index is 13.1. The Labute approximate surface area is 104 Å². The van der Waals surface area contributed by atoms with E-state index in [1.807, 2.05) is 11.6 Å². The number of aliphatic hydroxyl groups excluding tert-OH is 1. The lowest BCUT2D eigenvalue weighted by molar-refractivity contribution is 0.0619. The molecule has 0 spiro atoms. The average molecular weight is 248 g/mol. The molecule has 0 fully saturated rings. The molecule has 2 heterocycles. The normalized spacial score (nSPS) is 22.4. The van der Waals surface area contributed by atoms with E-state index in [-0.39, 0.29) is 11.9 Å². The summed E-state index contributed by atoms with van der Waals surface area (Å²) in [4.78, 5) is 4.03. The van der Waals surface area contributed by atoms with Gasteiger partial charge in [-0.2, -0.15) is 0 Å². The Kier molecular flexibility index (Phi) is 2.56. The van der Waals surface area contributed by atoms with Crippen LogP contribution in [0.15, 0.2) is 30.7 Å². The smallest absolute Gasteiger partial charge is 0.143 e. The maximum atomic E-state index is 13.1. The van der Waals surface area contributed by atoms with Gasteiger partial charge in [-0.25, -0.2) is 9.37 Å². The van der Waals surface area contributed by atoms with Crippen molar-refractivity contribution in [1.29, 1.82) is 0 Å². The largest absolute Gasteiger partial charge is 0.484 e. The van der Waals surface area contributed by atoms with E-state index in [4.69, 9.17) is 4.74 Å². The average Bonchev–Trinajstić information content (AvgIpc) is 2.76. The summed E-state index contributed by atoms with van der Waals surface area (Å²) in [5.41, 5.74) is 1.40. The van der Waals surface area contributed by atoms with Crippen molar-refractivity contribution in [2.75, 3.05) is 0 Å². The molecule has 1 N–H and O–H groups in total. The van der Waals surface area contributed by atoms with E-state index < -0.39 is 6.10 Å². The first-order valence-electron chi connectivity index (χ1n) is 5.75. The lowest BCUT2D eigenvalue weighted by Crippen LogP contribution is -2.20. The van der Waals surface area contributed by atoms with Crippen molar-refractivity contribution >= 4 is 0 Å². The molecule has 1 aromatic heterocycles. The molecular weight excluding hydrogens is 235 g/mol. The summed E-state index contributed by atoms with van der Waals surface area (Å²) in [5, 5.41) is 10.1. The number of hydrogen-bond donors (Lipinski definition) is 1. The van der Waals surface area contributed by atoms with Crippen molar-refractivity contribution in [3.63, 3.8) is 0 Å². The third-order valence-electron chi connectivity index (χ3n) is 3.22. The van der Waals surface area contributed by atoms with Gasteiger partial charge < -0.3 is 14.4 Å². The number of imidazole rings is 1. The summed E-state index contributed by atoms with van der Waals surface area (Å²) < 4.78 is 20.8. The van der Waals surface area contributed by atoms with Crippen LogP contribution in [0.4, 0.5) is 4.39 Å². The Bertz CT molecular complexity index is 582. The SMILES string of the molecule is Cn1cncc1C1C[C@@H](O)c2cc(F)ccc2O1. The second-order valence-electron chi connectivity index (χ2n) is 4.47. The molecule has 1 aliphatic heterocycles. The highest BCUT2D eigenvalue weighted by Crippen LogP contribution is 2.40. The molecule has 3 rings (SSSR count).